The second-order valence-corrected chi connectivity index (χ2v) is 8.79. The van der Waals surface area contributed by atoms with Gasteiger partial charge in [-0.1, -0.05) is 73.1 Å². The van der Waals surface area contributed by atoms with Crippen molar-refractivity contribution in [3.8, 4) is 0 Å². The Morgan fingerprint density at radius 1 is 0.913 bits per heavy atom. The molecule has 0 aliphatic heterocycles. The summed E-state index contributed by atoms with van der Waals surface area (Å²) in [6.07, 6.45) is 13.0. The number of hydrogen-bond donors (Lipinski definition) is 1. The Balaban J connectivity index is 2.37. The highest BCUT2D eigenvalue weighted by Gasteiger charge is 2.26. The molecule has 1 aliphatic carbocycles. The number of nitrogens with one attached hydrogen (secondary N) is 1. The van der Waals surface area contributed by atoms with Gasteiger partial charge in [0.2, 0.25) is 0 Å². The lowest BCUT2D eigenvalue weighted by Crippen LogP contribution is -2.26. The smallest absolute Gasteiger partial charge is 0.00234 e. The fourth-order valence-corrected chi connectivity index (χ4v) is 4.92. The molecule has 1 fully saturated rings. The Hall–Kier alpha value is -0.0400. The Labute approximate surface area is 147 Å². The predicted octanol–water partition coefficient (Wildman–Crippen LogP) is 6.53. The minimum atomic E-state index is 0.863. The summed E-state index contributed by atoms with van der Waals surface area (Å²) in [6.45, 7) is 13.4. The number of rotatable bonds is 11. The molecule has 0 amide bonds. The van der Waals surface area contributed by atoms with Gasteiger partial charge in [-0.3, -0.25) is 0 Å². The summed E-state index contributed by atoms with van der Waals surface area (Å²) in [5.74, 6) is 5.55. The van der Waals surface area contributed by atoms with Gasteiger partial charge >= 0.3 is 0 Å². The average Bonchev–Trinajstić information content (AvgIpc) is 2.55. The molecule has 1 saturated carbocycles. The Bertz CT molecular complexity index is 274. The summed E-state index contributed by atoms with van der Waals surface area (Å²) in [5, 5.41) is 3.40. The summed E-state index contributed by atoms with van der Waals surface area (Å²) < 4.78 is 0. The molecule has 0 radical (unpaired) electrons. The Kier molecular flexibility index (Phi) is 10.5. The molecule has 0 bridgehead atoms. The van der Waals surface area contributed by atoms with E-state index in [0.717, 1.165) is 35.5 Å². The van der Waals surface area contributed by atoms with Crippen LogP contribution in [-0.2, 0) is 0 Å². The molecule has 1 heteroatoms. The maximum atomic E-state index is 3.40. The molecule has 1 nitrogen and oxygen atoms in total. The molecular weight excluding hydrogens is 278 g/mol. The van der Waals surface area contributed by atoms with Gasteiger partial charge in [0.15, 0.2) is 0 Å². The van der Waals surface area contributed by atoms with Gasteiger partial charge < -0.3 is 5.32 Å². The average molecular weight is 324 g/mol. The SMILES string of the molecule is CCCC(CNC)CC(C)C(C)C(C)CC1CCC(CC)CC1. The zero-order chi connectivity index (χ0) is 17.2. The fourth-order valence-electron chi connectivity index (χ4n) is 4.92. The highest BCUT2D eigenvalue weighted by molar-refractivity contribution is 4.78. The van der Waals surface area contributed by atoms with Crippen molar-refractivity contribution in [2.45, 2.75) is 92.4 Å². The van der Waals surface area contributed by atoms with Gasteiger partial charge in [-0.05, 0) is 68.4 Å². The van der Waals surface area contributed by atoms with Crippen molar-refractivity contribution >= 4 is 0 Å². The van der Waals surface area contributed by atoms with Crippen LogP contribution in [0.2, 0.25) is 0 Å². The molecule has 0 aromatic rings. The molecule has 1 aliphatic rings. The van der Waals surface area contributed by atoms with E-state index in [0.29, 0.717) is 0 Å². The lowest BCUT2D eigenvalue weighted by molar-refractivity contribution is 0.172. The molecule has 0 aromatic heterocycles. The molecule has 0 heterocycles. The van der Waals surface area contributed by atoms with Gasteiger partial charge in [-0.25, -0.2) is 0 Å². The first-order valence-corrected chi connectivity index (χ1v) is 10.7. The van der Waals surface area contributed by atoms with E-state index in [-0.39, 0.29) is 0 Å². The minimum absolute atomic E-state index is 0.863. The van der Waals surface area contributed by atoms with Crippen LogP contribution in [0.15, 0.2) is 0 Å². The largest absolute Gasteiger partial charge is 0.319 e. The zero-order valence-corrected chi connectivity index (χ0v) is 17.0. The van der Waals surface area contributed by atoms with Gasteiger partial charge in [-0.2, -0.15) is 0 Å². The summed E-state index contributed by atoms with van der Waals surface area (Å²) in [4.78, 5) is 0. The standard InChI is InChI=1S/C22H45N/c1-7-9-22(16-23-6)15-18(4)19(5)17(3)14-21-12-10-20(8-2)11-13-21/h17-23H,7-16H2,1-6H3. The molecule has 0 aromatic carbocycles. The first-order valence-electron chi connectivity index (χ1n) is 10.7. The van der Waals surface area contributed by atoms with E-state index in [1.54, 1.807) is 0 Å². The van der Waals surface area contributed by atoms with Crippen LogP contribution >= 0.6 is 0 Å². The maximum Gasteiger partial charge on any atom is -0.00234 e. The first kappa shape index (κ1) is 21.0. The second kappa shape index (κ2) is 11.5. The van der Waals surface area contributed by atoms with Crippen LogP contribution in [0.5, 0.6) is 0 Å². The lowest BCUT2D eigenvalue weighted by Gasteiger charge is -2.34. The highest BCUT2D eigenvalue weighted by Crippen LogP contribution is 2.37. The van der Waals surface area contributed by atoms with E-state index in [2.05, 4.69) is 47.0 Å². The van der Waals surface area contributed by atoms with Crippen molar-refractivity contribution < 1.29 is 0 Å². The monoisotopic (exact) mass is 323 g/mol. The van der Waals surface area contributed by atoms with E-state index >= 15 is 0 Å². The molecular formula is C22H45N. The normalized spacial score (nSPS) is 27.4. The van der Waals surface area contributed by atoms with Crippen molar-refractivity contribution in [3.05, 3.63) is 0 Å². The molecule has 4 atom stereocenters. The molecule has 0 saturated heterocycles. The van der Waals surface area contributed by atoms with Crippen molar-refractivity contribution in [1.82, 2.24) is 5.32 Å². The van der Waals surface area contributed by atoms with Crippen molar-refractivity contribution in [2.24, 2.45) is 35.5 Å². The van der Waals surface area contributed by atoms with Crippen LogP contribution in [0.3, 0.4) is 0 Å². The van der Waals surface area contributed by atoms with Gasteiger partial charge in [0.1, 0.15) is 0 Å². The maximum absolute atomic E-state index is 3.40. The van der Waals surface area contributed by atoms with Gasteiger partial charge in [-0.15, -0.1) is 0 Å². The molecule has 23 heavy (non-hydrogen) atoms. The molecule has 1 rings (SSSR count). The Morgan fingerprint density at radius 2 is 1.52 bits per heavy atom. The first-order chi connectivity index (χ1) is 11.0. The van der Waals surface area contributed by atoms with Crippen LogP contribution in [-0.4, -0.2) is 13.6 Å². The number of hydrogen-bond acceptors (Lipinski definition) is 1. The summed E-state index contributed by atoms with van der Waals surface area (Å²) >= 11 is 0. The fraction of sp³-hybridized carbons (Fsp3) is 1.00. The van der Waals surface area contributed by atoms with Crippen molar-refractivity contribution in [1.29, 1.82) is 0 Å². The lowest BCUT2D eigenvalue weighted by atomic mass is 9.72. The summed E-state index contributed by atoms with van der Waals surface area (Å²) in [7, 11) is 2.10. The molecule has 138 valence electrons. The third-order valence-electron chi connectivity index (χ3n) is 6.94. The quantitative estimate of drug-likeness (QED) is 0.456. The summed E-state index contributed by atoms with van der Waals surface area (Å²) in [6, 6.07) is 0. The predicted molar refractivity (Wildman–Crippen MR) is 105 cm³/mol. The van der Waals surface area contributed by atoms with Gasteiger partial charge in [0, 0.05) is 0 Å². The van der Waals surface area contributed by atoms with Gasteiger partial charge in [0.25, 0.3) is 0 Å². The van der Waals surface area contributed by atoms with Crippen molar-refractivity contribution in [2.75, 3.05) is 13.6 Å². The Morgan fingerprint density at radius 3 is 2.04 bits per heavy atom. The van der Waals surface area contributed by atoms with E-state index in [1.165, 1.54) is 64.3 Å². The van der Waals surface area contributed by atoms with Crippen LogP contribution in [0.1, 0.15) is 92.4 Å². The van der Waals surface area contributed by atoms with E-state index in [4.69, 9.17) is 0 Å². The van der Waals surface area contributed by atoms with Crippen LogP contribution in [0.25, 0.3) is 0 Å². The third kappa shape index (κ3) is 7.59. The third-order valence-corrected chi connectivity index (χ3v) is 6.94. The van der Waals surface area contributed by atoms with E-state index in [9.17, 15) is 0 Å². The van der Waals surface area contributed by atoms with Crippen LogP contribution in [0, 0.1) is 35.5 Å². The molecule has 0 spiro atoms. The van der Waals surface area contributed by atoms with Crippen LogP contribution in [0.4, 0.5) is 0 Å². The van der Waals surface area contributed by atoms with Crippen molar-refractivity contribution in [3.63, 3.8) is 0 Å². The van der Waals surface area contributed by atoms with E-state index < -0.39 is 0 Å². The summed E-state index contributed by atoms with van der Waals surface area (Å²) in [5.41, 5.74) is 0. The highest BCUT2D eigenvalue weighted by atomic mass is 14.8. The molecule has 1 N–H and O–H groups in total. The van der Waals surface area contributed by atoms with E-state index in [1.807, 2.05) is 0 Å². The second-order valence-electron chi connectivity index (χ2n) is 8.79. The minimum Gasteiger partial charge on any atom is -0.319 e. The van der Waals surface area contributed by atoms with Crippen LogP contribution < -0.4 is 5.32 Å². The zero-order valence-electron chi connectivity index (χ0n) is 17.0. The topological polar surface area (TPSA) is 12.0 Å². The van der Waals surface area contributed by atoms with Gasteiger partial charge in [0.05, 0.1) is 0 Å². The molecule has 4 unspecified atom stereocenters.